The molecule has 0 aliphatic carbocycles. The van der Waals surface area contributed by atoms with Crippen molar-refractivity contribution >= 4 is 0 Å². The molecule has 0 bridgehead atoms. The molecule has 0 fully saturated rings. The van der Waals surface area contributed by atoms with E-state index in [9.17, 15) is 0 Å². The maximum absolute atomic E-state index is 4.15. The summed E-state index contributed by atoms with van der Waals surface area (Å²) in [5.41, 5.74) is 0. The molecule has 2 atom stereocenters. The van der Waals surface area contributed by atoms with Crippen molar-refractivity contribution < 1.29 is 19.6 Å². The summed E-state index contributed by atoms with van der Waals surface area (Å²) in [4.78, 5) is 0. The van der Waals surface area contributed by atoms with Crippen LogP contribution in [-0.2, 0) is 19.6 Å². The van der Waals surface area contributed by atoms with Crippen LogP contribution in [0.5, 0.6) is 0 Å². The Morgan fingerprint density at radius 1 is 1.12 bits per heavy atom. The van der Waals surface area contributed by atoms with Crippen molar-refractivity contribution in [3.8, 4) is 0 Å². The van der Waals surface area contributed by atoms with Gasteiger partial charge >= 0.3 is 106 Å². The molecule has 0 radical (unpaired) electrons. The first-order chi connectivity index (χ1) is 7.70. The van der Waals surface area contributed by atoms with Crippen molar-refractivity contribution in [2.45, 2.75) is 52.9 Å². The van der Waals surface area contributed by atoms with Crippen LogP contribution in [0.1, 0.15) is 52.9 Å². The summed E-state index contributed by atoms with van der Waals surface area (Å²) in [6.45, 7) is 10.3. The van der Waals surface area contributed by atoms with Crippen LogP contribution in [0.2, 0.25) is 0 Å². The van der Waals surface area contributed by atoms with E-state index >= 15 is 0 Å². The van der Waals surface area contributed by atoms with Crippen LogP contribution in [0.4, 0.5) is 0 Å². The molecule has 0 saturated heterocycles. The molecule has 0 aromatic rings. The van der Waals surface area contributed by atoms with E-state index in [1.165, 1.54) is 51.7 Å². The molecule has 0 amide bonds. The summed E-state index contributed by atoms with van der Waals surface area (Å²) >= 11 is 1.34. The maximum atomic E-state index is 4.15. The molecule has 0 rings (SSSR count). The molecule has 0 aliphatic rings. The monoisotopic (exact) mass is 396 g/mol. The molecule has 0 heterocycles. The number of hydrogen-bond donors (Lipinski definition) is 1. The second-order valence-corrected chi connectivity index (χ2v) is 5.91. The van der Waals surface area contributed by atoms with Crippen LogP contribution in [0.25, 0.3) is 0 Å². The van der Waals surface area contributed by atoms with Gasteiger partial charge in [0, 0.05) is 0 Å². The second-order valence-electron chi connectivity index (χ2n) is 4.98. The van der Waals surface area contributed by atoms with Crippen LogP contribution < -0.4 is 5.32 Å². The van der Waals surface area contributed by atoms with Crippen LogP contribution in [0.3, 0.4) is 0 Å². The zero-order valence-electron chi connectivity index (χ0n) is 11.2. The van der Waals surface area contributed by atoms with Gasteiger partial charge in [0.1, 0.15) is 0 Å². The third kappa shape index (κ3) is 10.9. The Morgan fingerprint density at radius 2 is 1.81 bits per heavy atom. The molecule has 16 heavy (non-hydrogen) atoms. The molecule has 0 aromatic carbocycles. The molecule has 0 spiro atoms. The molecule has 0 aromatic heterocycles. The van der Waals surface area contributed by atoms with Gasteiger partial charge in [-0.3, -0.25) is 0 Å². The summed E-state index contributed by atoms with van der Waals surface area (Å²) in [7, 11) is 0. The van der Waals surface area contributed by atoms with Gasteiger partial charge in [-0.25, -0.2) is 0 Å². The Kier molecular flexibility index (Phi) is 12.3. The van der Waals surface area contributed by atoms with E-state index in [1.54, 1.807) is 0 Å². The normalized spacial score (nSPS) is 14.7. The van der Waals surface area contributed by atoms with Gasteiger partial charge in [-0.1, -0.05) is 6.92 Å². The van der Waals surface area contributed by atoms with E-state index in [0.29, 0.717) is 0 Å². The quantitative estimate of drug-likeness (QED) is 0.531. The Bertz CT molecular complexity index is 162. The van der Waals surface area contributed by atoms with E-state index in [0.717, 1.165) is 31.5 Å². The number of nitrogens with zero attached hydrogens (tertiary/aromatic N) is 1. The predicted octanol–water partition coefficient (Wildman–Crippen LogP) is 3.55. The first-order valence-electron chi connectivity index (χ1n) is 6.70. The average Bonchev–Trinajstić information content (AvgIpc) is 2.23. The Labute approximate surface area is 113 Å². The Morgan fingerprint density at radius 3 is 2.44 bits per heavy atom. The molecule has 1 N–H and O–H groups in total. The fourth-order valence-corrected chi connectivity index (χ4v) is 2.57. The van der Waals surface area contributed by atoms with Crippen molar-refractivity contribution in [2.75, 3.05) is 19.6 Å². The summed E-state index contributed by atoms with van der Waals surface area (Å²) in [5, 5.41) is 3.44. The zero-order chi connectivity index (χ0) is 12.2. The fourth-order valence-electron chi connectivity index (χ4n) is 2.24. The molecule has 3 heteroatoms. The van der Waals surface area contributed by atoms with E-state index in [1.807, 2.05) is 0 Å². The molecular weight excluding hydrogens is 368 g/mol. The van der Waals surface area contributed by atoms with Gasteiger partial charge in [-0.05, 0) is 0 Å². The summed E-state index contributed by atoms with van der Waals surface area (Å²) in [5.74, 6) is 1.80. The minimum atomic E-state index is 0.892. The fraction of sp³-hybridized carbons (Fsp3) is 1.00. The van der Waals surface area contributed by atoms with Crippen LogP contribution >= 0.6 is 0 Å². The van der Waals surface area contributed by atoms with Gasteiger partial charge in [0.15, 0.2) is 0 Å². The van der Waals surface area contributed by atoms with Crippen molar-refractivity contribution in [3.05, 3.63) is 0 Å². The van der Waals surface area contributed by atoms with Gasteiger partial charge in [-0.2, -0.15) is 0 Å². The van der Waals surface area contributed by atoms with E-state index in [2.05, 4.69) is 29.6 Å². The van der Waals surface area contributed by atoms with E-state index < -0.39 is 0 Å². The number of hydrogen-bond acceptors (Lipinski definition) is 2. The van der Waals surface area contributed by atoms with Crippen molar-refractivity contribution in [1.29, 1.82) is 0 Å². The van der Waals surface area contributed by atoms with E-state index in [-0.39, 0.29) is 0 Å². The summed E-state index contributed by atoms with van der Waals surface area (Å²) in [6.07, 6.45) is 6.81. The van der Waals surface area contributed by atoms with E-state index in [4.69, 9.17) is 0 Å². The zero-order valence-corrected chi connectivity index (χ0v) is 14.1. The molecular formula is C13H28N2W. The Balaban J connectivity index is 3.29. The van der Waals surface area contributed by atoms with Gasteiger partial charge in [0.25, 0.3) is 0 Å². The van der Waals surface area contributed by atoms with Gasteiger partial charge in [-0.15, -0.1) is 0 Å². The molecule has 0 aliphatic heterocycles. The van der Waals surface area contributed by atoms with Crippen molar-refractivity contribution in [3.63, 3.8) is 0 Å². The van der Waals surface area contributed by atoms with Gasteiger partial charge in [0.2, 0.25) is 0 Å². The topological polar surface area (TPSA) is 24.4 Å². The van der Waals surface area contributed by atoms with Crippen molar-refractivity contribution in [1.82, 2.24) is 5.32 Å². The Hall–Kier alpha value is 0.448. The number of rotatable bonds is 11. The first kappa shape index (κ1) is 16.4. The predicted molar refractivity (Wildman–Crippen MR) is 67.3 cm³/mol. The molecule has 2 unspecified atom stereocenters. The first-order valence-corrected chi connectivity index (χ1v) is 8.01. The van der Waals surface area contributed by atoms with Gasteiger partial charge < -0.3 is 0 Å². The average molecular weight is 396 g/mol. The molecule has 96 valence electrons. The van der Waals surface area contributed by atoms with Crippen molar-refractivity contribution in [2.24, 2.45) is 15.3 Å². The third-order valence-corrected chi connectivity index (χ3v) is 3.67. The molecule has 0 saturated carbocycles. The van der Waals surface area contributed by atoms with Crippen LogP contribution in [-0.4, -0.2) is 19.6 Å². The van der Waals surface area contributed by atoms with Crippen LogP contribution in [0, 0.1) is 11.8 Å². The summed E-state index contributed by atoms with van der Waals surface area (Å²) in [6, 6.07) is 0. The summed E-state index contributed by atoms with van der Waals surface area (Å²) < 4.78 is 4.15. The second kappa shape index (κ2) is 11.9. The SMILES string of the molecule is CCCC(C)CC(C)CCCNCC[N]=[W]. The number of nitrogens with one attached hydrogen (secondary N) is 1. The minimum absolute atomic E-state index is 0.892. The van der Waals surface area contributed by atoms with Crippen LogP contribution in [0.15, 0.2) is 3.50 Å². The molecule has 2 nitrogen and oxygen atoms in total. The standard InChI is InChI=1S/C13H28N2.W/c1-4-6-12(2)11-13(3)7-5-9-15-10-8-14;/h12-13,15H,4-11H2,1-3H3;. The third-order valence-electron chi connectivity index (χ3n) is 3.02. The van der Waals surface area contributed by atoms with Gasteiger partial charge in [0.05, 0.1) is 0 Å².